The fourth-order valence-corrected chi connectivity index (χ4v) is 3.34. The fraction of sp³-hybridized carbons (Fsp3) is 0.211. The van der Waals surface area contributed by atoms with Gasteiger partial charge in [-0.2, -0.15) is 0 Å². The van der Waals surface area contributed by atoms with Gasteiger partial charge in [-0.05, 0) is 37.1 Å². The van der Waals surface area contributed by atoms with Crippen molar-refractivity contribution in [1.82, 2.24) is 9.88 Å². The molecule has 2 aromatic carbocycles. The van der Waals surface area contributed by atoms with Gasteiger partial charge in [-0.15, -0.1) is 0 Å². The molecule has 0 aliphatic carbocycles. The number of rotatable bonds is 3. The van der Waals surface area contributed by atoms with Crippen molar-refractivity contribution < 1.29 is 9.90 Å². The molecule has 1 atom stereocenters. The Morgan fingerprint density at radius 3 is 2.87 bits per heavy atom. The molecule has 1 amide bonds. The first kappa shape index (κ1) is 14.0. The van der Waals surface area contributed by atoms with Crippen LogP contribution in [0.4, 0.5) is 0 Å². The SMILES string of the molecule is O=C(c1ccc2[nH]c3ccccc3c2c1)N1C=CCC1CCO. The van der Waals surface area contributed by atoms with Gasteiger partial charge in [0.15, 0.2) is 0 Å². The highest BCUT2D eigenvalue weighted by Gasteiger charge is 2.25. The lowest BCUT2D eigenvalue weighted by Gasteiger charge is -2.23. The highest BCUT2D eigenvalue weighted by molar-refractivity contribution is 6.10. The highest BCUT2D eigenvalue weighted by Crippen LogP contribution is 2.27. The fourth-order valence-electron chi connectivity index (χ4n) is 3.34. The highest BCUT2D eigenvalue weighted by atomic mass is 16.3. The van der Waals surface area contributed by atoms with Crippen molar-refractivity contribution in [3.63, 3.8) is 0 Å². The summed E-state index contributed by atoms with van der Waals surface area (Å²) in [6, 6.07) is 13.9. The van der Waals surface area contributed by atoms with Crippen LogP contribution in [0.25, 0.3) is 21.8 Å². The second-order valence-corrected chi connectivity index (χ2v) is 5.93. The van der Waals surface area contributed by atoms with E-state index >= 15 is 0 Å². The van der Waals surface area contributed by atoms with E-state index in [2.05, 4.69) is 11.1 Å². The first-order chi connectivity index (χ1) is 11.3. The average molecular weight is 306 g/mol. The molecule has 1 aliphatic rings. The minimum Gasteiger partial charge on any atom is -0.396 e. The number of carbonyl (C=O) groups excluding carboxylic acids is 1. The Hall–Kier alpha value is -2.59. The third-order valence-electron chi connectivity index (χ3n) is 4.52. The molecule has 0 bridgehead atoms. The van der Waals surface area contributed by atoms with Crippen LogP contribution in [0.3, 0.4) is 0 Å². The number of hydrogen-bond donors (Lipinski definition) is 2. The van der Waals surface area contributed by atoms with Crippen LogP contribution in [0.15, 0.2) is 54.7 Å². The molecule has 3 aromatic rings. The smallest absolute Gasteiger partial charge is 0.258 e. The topological polar surface area (TPSA) is 56.3 Å². The van der Waals surface area contributed by atoms with Crippen molar-refractivity contribution in [2.45, 2.75) is 18.9 Å². The van der Waals surface area contributed by atoms with E-state index in [1.807, 2.05) is 48.7 Å². The van der Waals surface area contributed by atoms with Gasteiger partial charge in [0, 0.05) is 46.2 Å². The summed E-state index contributed by atoms with van der Waals surface area (Å²) in [6.07, 6.45) is 5.24. The molecule has 2 heterocycles. The Kier molecular flexibility index (Phi) is 3.39. The molecular weight excluding hydrogens is 288 g/mol. The number of amides is 1. The third kappa shape index (κ3) is 2.32. The standard InChI is InChI=1S/C19H18N2O2/c22-11-9-14-4-3-10-21(14)19(23)13-7-8-18-16(12-13)15-5-1-2-6-17(15)20-18/h1-3,5-8,10,12,14,20,22H,4,9,11H2. The normalized spacial score (nSPS) is 17.4. The number of H-pyrrole nitrogens is 1. The van der Waals surface area contributed by atoms with Crippen LogP contribution in [-0.4, -0.2) is 33.5 Å². The molecule has 116 valence electrons. The van der Waals surface area contributed by atoms with Crippen molar-refractivity contribution in [3.8, 4) is 0 Å². The van der Waals surface area contributed by atoms with E-state index in [4.69, 9.17) is 5.11 Å². The molecule has 4 nitrogen and oxygen atoms in total. The summed E-state index contributed by atoms with van der Waals surface area (Å²) in [5.41, 5.74) is 2.79. The van der Waals surface area contributed by atoms with Gasteiger partial charge < -0.3 is 15.0 Å². The van der Waals surface area contributed by atoms with Gasteiger partial charge >= 0.3 is 0 Å². The molecule has 2 N–H and O–H groups in total. The van der Waals surface area contributed by atoms with Gasteiger partial charge in [0.25, 0.3) is 5.91 Å². The van der Waals surface area contributed by atoms with E-state index in [0.29, 0.717) is 12.0 Å². The monoisotopic (exact) mass is 306 g/mol. The van der Waals surface area contributed by atoms with Crippen LogP contribution in [0, 0.1) is 0 Å². The number of fused-ring (bicyclic) bond motifs is 3. The molecule has 1 aromatic heterocycles. The Morgan fingerprint density at radius 2 is 2.00 bits per heavy atom. The van der Waals surface area contributed by atoms with Crippen molar-refractivity contribution in [1.29, 1.82) is 0 Å². The molecule has 0 spiro atoms. The van der Waals surface area contributed by atoms with Crippen molar-refractivity contribution >= 4 is 27.7 Å². The predicted octanol–water partition coefficient (Wildman–Crippen LogP) is 3.43. The quantitative estimate of drug-likeness (QED) is 0.779. The van der Waals surface area contributed by atoms with Gasteiger partial charge in [0.05, 0.1) is 0 Å². The summed E-state index contributed by atoms with van der Waals surface area (Å²) < 4.78 is 0. The maximum absolute atomic E-state index is 12.8. The van der Waals surface area contributed by atoms with Crippen molar-refractivity contribution in [2.75, 3.05) is 6.61 Å². The lowest BCUT2D eigenvalue weighted by Crippen LogP contribution is -2.33. The van der Waals surface area contributed by atoms with E-state index in [1.54, 1.807) is 4.90 Å². The number of aliphatic hydroxyl groups excluding tert-OH is 1. The summed E-state index contributed by atoms with van der Waals surface area (Å²) >= 11 is 0. The van der Waals surface area contributed by atoms with Gasteiger partial charge in [-0.1, -0.05) is 24.3 Å². The van der Waals surface area contributed by atoms with Gasteiger partial charge in [0.2, 0.25) is 0 Å². The predicted molar refractivity (Wildman–Crippen MR) is 91.2 cm³/mol. The molecule has 0 saturated heterocycles. The van der Waals surface area contributed by atoms with E-state index < -0.39 is 0 Å². The Labute approximate surface area is 134 Å². The summed E-state index contributed by atoms with van der Waals surface area (Å²) in [5.74, 6) is -0.00983. The van der Waals surface area contributed by atoms with Crippen molar-refractivity contribution in [3.05, 3.63) is 60.3 Å². The molecule has 4 rings (SSSR count). The molecule has 0 radical (unpaired) electrons. The Balaban J connectivity index is 1.75. The second kappa shape index (κ2) is 5.56. The van der Waals surface area contributed by atoms with E-state index in [9.17, 15) is 4.79 Å². The zero-order valence-corrected chi connectivity index (χ0v) is 12.7. The number of aliphatic hydroxyl groups is 1. The lowest BCUT2D eigenvalue weighted by molar-refractivity contribution is 0.0767. The van der Waals surface area contributed by atoms with Crippen LogP contribution in [0.2, 0.25) is 0 Å². The molecule has 0 fully saturated rings. The molecule has 23 heavy (non-hydrogen) atoms. The Morgan fingerprint density at radius 1 is 1.17 bits per heavy atom. The summed E-state index contributed by atoms with van der Waals surface area (Å²) in [4.78, 5) is 17.9. The van der Waals surface area contributed by atoms with Crippen LogP contribution < -0.4 is 0 Å². The van der Waals surface area contributed by atoms with E-state index in [-0.39, 0.29) is 18.6 Å². The van der Waals surface area contributed by atoms with Gasteiger partial charge in [-0.3, -0.25) is 4.79 Å². The summed E-state index contributed by atoms with van der Waals surface area (Å²) in [6.45, 7) is 0.0949. The van der Waals surface area contributed by atoms with Crippen LogP contribution in [0.5, 0.6) is 0 Å². The largest absolute Gasteiger partial charge is 0.396 e. The zero-order valence-electron chi connectivity index (χ0n) is 12.7. The third-order valence-corrected chi connectivity index (χ3v) is 4.52. The molecule has 0 saturated carbocycles. The molecule has 1 aliphatic heterocycles. The van der Waals surface area contributed by atoms with Crippen molar-refractivity contribution in [2.24, 2.45) is 0 Å². The maximum atomic E-state index is 12.8. The lowest BCUT2D eigenvalue weighted by atomic mass is 10.1. The number of nitrogens with zero attached hydrogens (tertiary/aromatic N) is 1. The average Bonchev–Trinajstić information content (AvgIpc) is 3.18. The molecule has 1 unspecified atom stereocenters. The summed E-state index contributed by atoms with van der Waals surface area (Å²) in [5, 5.41) is 11.3. The molecular formula is C19H18N2O2. The minimum atomic E-state index is -0.00983. The molecule has 4 heteroatoms. The van der Waals surface area contributed by atoms with E-state index in [0.717, 1.165) is 28.2 Å². The van der Waals surface area contributed by atoms with Crippen LogP contribution >= 0.6 is 0 Å². The van der Waals surface area contributed by atoms with Gasteiger partial charge in [-0.25, -0.2) is 0 Å². The number of nitrogens with one attached hydrogen (secondary N) is 1. The number of benzene rings is 2. The summed E-state index contributed by atoms with van der Waals surface area (Å²) in [7, 11) is 0. The number of aromatic amines is 1. The minimum absolute atomic E-state index is 0.00983. The first-order valence-corrected chi connectivity index (χ1v) is 7.88. The number of para-hydroxylation sites is 1. The van der Waals surface area contributed by atoms with Gasteiger partial charge in [0.1, 0.15) is 0 Å². The maximum Gasteiger partial charge on any atom is 0.258 e. The second-order valence-electron chi connectivity index (χ2n) is 5.93. The number of hydrogen-bond acceptors (Lipinski definition) is 2. The number of aromatic nitrogens is 1. The van der Waals surface area contributed by atoms with E-state index in [1.165, 1.54) is 0 Å². The Bertz CT molecular complexity index is 910. The van der Waals surface area contributed by atoms with Crippen LogP contribution in [-0.2, 0) is 0 Å². The van der Waals surface area contributed by atoms with Crippen LogP contribution in [0.1, 0.15) is 23.2 Å². The first-order valence-electron chi connectivity index (χ1n) is 7.88. The number of carbonyl (C=O) groups is 1. The zero-order chi connectivity index (χ0) is 15.8.